The summed E-state index contributed by atoms with van der Waals surface area (Å²) in [5.41, 5.74) is 8.32. The Morgan fingerprint density at radius 3 is 2.45 bits per heavy atom. The molecule has 0 aliphatic carbocycles. The fourth-order valence-electron chi connectivity index (χ4n) is 5.24. The first-order chi connectivity index (χ1) is 22.9. The number of allylic oxidation sites excluding steroid dienone is 5. The van der Waals surface area contributed by atoms with Gasteiger partial charge in [0.15, 0.2) is 0 Å². The summed E-state index contributed by atoms with van der Waals surface area (Å²) in [5.74, 6) is 7.26. The van der Waals surface area contributed by atoms with Gasteiger partial charge in [-0.1, -0.05) is 85.3 Å². The van der Waals surface area contributed by atoms with Crippen LogP contribution in [0.25, 0.3) is 11.1 Å². The lowest BCUT2D eigenvalue weighted by Crippen LogP contribution is -2.40. The number of pyridine rings is 1. The van der Waals surface area contributed by atoms with Crippen LogP contribution in [-0.4, -0.2) is 52.8 Å². The Hall–Kier alpha value is -5.97. The molecule has 4 aromatic rings. The van der Waals surface area contributed by atoms with Gasteiger partial charge in [-0.05, 0) is 67.0 Å². The molecule has 1 amide bonds. The molecule has 7 nitrogen and oxygen atoms in total. The number of nitrogens with one attached hydrogen (secondary N) is 1. The number of carbonyl (C=O) groups excluding carboxylic acids is 1. The van der Waals surface area contributed by atoms with Gasteiger partial charge in [0.25, 0.3) is 5.91 Å². The van der Waals surface area contributed by atoms with Crippen LogP contribution in [0.5, 0.6) is 0 Å². The van der Waals surface area contributed by atoms with Crippen LogP contribution in [0.4, 0.5) is 11.5 Å². The van der Waals surface area contributed by atoms with Crippen molar-refractivity contribution in [1.82, 2.24) is 14.9 Å². The number of nitrogens with zero attached hydrogens (tertiary/aromatic N) is 4. The Balaban J connectivity index is 1.23. The second-order valence-corrected chi connectivity index (χ2v) is 11.2. The highest BCUT2D eigenvalue weighted by molar-refractivity contribution is 6.10. The Morgan fingerprint density at radius 2 is 1.68 bits per heavy atom. The number of rotatable bonds is 7. The molecule has 0 unspecified atom stereocenters. The van der Waals surface area contributed by atoms with Crippen molar-refractivity contribution in [2.24, 2.45) is 5.10 Å². The number of aromatic nitrogens is 1. The zero-order chi connectivity index (χ0) is 32.6. The van der Waals surface area contributed by atoms with Gasteiger partial charge in [-0.25, -0.2) is 9.99 Å². The Kier molecular flexibility index (Phi) is 9.52. The largest absolute Gasteiger partial charge is 0.378 e. The number of hydrogen-bond acceptors (Lipinski definition) is 6. The fraction of sp³-hybridized carbons (Fsp3) is 0.125. The third-order valence-electron chi connectivity index (χ3n) is 7.62. The monoisotopic (exact) mass is 617 g/mol. The number of ether oxygens (including phenoxy) is 1. The third-order valence-corrected chi connectivity index (χ3v) is 7.62. The predicted octanol–water partition coefficient (Wildman–Crippen LogP) is 7.57. The van der Waals surface area contributed by atoms with Crippen LogP contribution in [-0.2, 0) is 4.74 Å². The van der Waals surface area contributed by atoms with E-state index in [2.05, 4.69) is 53.5 Å². The maximum absolute atomic E-state index is 12.9. The zero-order valence-electron chi connectivity index (χ0n) is 26.3. The van der Waals surface area contributed by atoms with Crippen molar-refractivity contribution >= 4 is 23.1 Å². The summed E-state index contributed by atoms with van der Waals surface area (Å²) in [7, 11) is 0. The molecule has 0 atom stereocenters. The number of amides is 1. The maximum Gasteiger partial charge on any atom is 0.254 e. The van der Waals surface area contributed by atoms with E-state index in [-0.39, 0.29) is 5.91 Å². The van der Waals surface area contributed by atoms with Crippen LogP contribution < -0.4 is 5.32 Å². The van der Waals surface area contributed by atoms with E-state index in [1.54, 1.807) is 11.2 Å². The standard InChI is InChI=1S/C40H35N5O2/c1-29(2)27-35(19-14-31-21-22-41-39(28-31)42-38-12-8-7-11-36(38)32-9-5-4-6-10-32)45-30(3)13-20-37(43-45)33-15-17-34(18-16-33)40(46)44-23-25-47-26-24-44/h4-13,15-18,20-22,27-28H,1,3,23-26H2,2H3,(H,41,42). The zero-order valence-corrected chi connectivity index (χ0v) is 26.3. The molecular formula is C40H35N5O2. The van der Waals surface area contributed by atoms with Gasteiger partial charge >= 0.3 is 0 Å². The first-order valence-electron chi connectivity index (χ1n) is 15.4. The minimum atomic E-state index is 0.00723. The van der Waals surface area contributed by atoms with Gasteiger partial charge < -0.3 is 15.0 Å². The summed E-state index contributed by atoms with van der Waals surface area (Å²) in [5, 5.41) is 10.1. The summed E-state index contributed by atoms with van der Waals surface area (Å²) in [6.07, 6.45) is 7.45. The molecular weight excluding hydrogens is 582 g/mol. The highest BCUT2D eigenvalue weighted by atomic mass is 16.5. The summed E-state index contributed by atoms with van der Waals surface area (Å²) in [6.45, 7) is 12.5. The molecule has 2 aliphatic rings. The predicted molar refractivity (Wildman–Crippen MR) is 189 cm³/mol. The normalized spacial score (nSPS) is 14.6. The second kappa shape index (κ2) is 14.4. The van der Waals surface area contributed by atoms with Gasteiger partial charge in [0.05, 0.1) is 24.6 Å². The van der Waals surface area contributed by atoms with Crippen molar-refractivity contribution < 1.29 is 9.53 Å². The average molecular weight is 618 g/mol. The first kappa shape index (κ1) is 31.0. The summed E-state index contributed by atoms with van der Waals surface area (Å²) in [6, 6.07) is 29.7. The summed E-state index contributed by atoms with van der Waals surface area (Å²) >= 11 is 0. The maximum atomic E-state index is 12.9. The molecule has 1 saturated heterocycles. The van der Waals surface area contributed by atoms with Crippen molar-refractivity contribution in [2.45, 2.75) is 6.92 Å². The minimum Gasteiger partial charge on any atom is -0.378 e. The lowest BCUT2D eigenvalue weighted by atomic mass is 10.0. The number of para-hydroxylation sites is 1. The lowest BCUT2D eigenvalue weighted by molar-refractivity contribution is 0.0303. The van der Waals surface area contributed by atoms with Crippen molar-refractivity contribution in [3.8, 4) is 23.0 Å². The van der Waals surface area contributed by atoms with E-state index in [9.17, 15) is 4.79 Å². The number of hydrazone groups is 1. The van der Waals surface area contributed by atoms with Gasteiger partial charge in [0.1, 0.15) is 11.5 Å². The smallest absolute Gasteiger partial charge is 0.254 e. The SMILES string of the molecule is C=C(C)C=C(C#Cc1ccnc(Nc2ccccc2-c2ccccc2)c1)N1N=C(c2ccc(C(=O)N3CCOCC3)cc2)C=CC1=C. The van der Waals surface area contributed by atoms with Gasteiger partial charge in [-0.2, -0.15) is 5.10 Å². The summed E-state index contributed by atoms with van der Waals surface area (Å²) in [4.78, 5) is 19.3. The van der Waals surface area contributed by atoms with E-state index < -0.39 is 0 Å². The molecule has 0 radical (unpaired) electrons. The molecule has 7 heteroatoms. The van der Waals surface area contributed by atoms with Crippen LogP contribution in [0, 0.1) is 11.8 Å². The summed E-state index contributed by atoms with van der Waals surface area (Å²) < 4.78 is 5.38. The van der Waals surface area contributed by atoms with Gasteiger partial charge in [-0.15, -0.1) is 0 Å². The fourth-order valence-corrected chi connectivity index (χ4v) is 5.24. The van der Waals surface area contributed by atoms with E-state index in [1.807, 2.05) is 103 Å². The van der Waals surface area contributed by atoms with E-state index >= 15 is 0 Å². The Labute approximate surface area is 275 Å². The molecule has 3 aromatic carbocycles. The Bertz CT molecular complexity index is 1960. The van der Waals surface area contributed by atoms with E-state index in [0.717, 1.165) is 39.2 Å². The van der Waals surface area contributed by atoms with Crippen LogP contribution in [0.15, 0.2) is 151 Å². The van der Waals surface area contributed by atoms with E-state index in [0.29, 0.717) is 49.1 Å². The van der Waals surface area contributed by atoms with Crippen molar-refractivity contribution in [1.29, 1.82) is 0 Å². The third kappa shape index (κ3) is 7.64. The van der Waals surface area contributed by atoms with Gasteiger partial charge in [0.2, 0.25) is 0 Å². The molecule has 0 spiro atoms. The number of carbonyl (C=O) groups is 1. The van der Waals surface area contributed by atoms with Crippen molar-refractivity contribution in [2.75, 3.05) is 31.6 Å². The topological polar surface area (TPSA) is 70.1 Å². The van der Waals surface area contributed by atoms with Gasteiger partial charge in [0, 0.05) is 47.2 Å². The minimum absolute atomic E-state index is 0.00723. The molecule has 232 valence electrons. The van der Waals surface area contributed by atoms with Crippen LogP contribution in [0.1, 0.15) is 28.4 Å². The lowest BCUT2D eigenvalue weighted by Gasteiger charge is -2.27. The van der Waals surface area contributed by atoms with Gasteiger partial charge in [-0.3, -0.25) is 4.79 Å². The Morgan fingerprint density at radius 1 is 0.936 bits per heavy atom. The highest BCUT2D eigenvalue weighted by Crippen LogP contribution is 2.30. The number of hydrogen-bond donors (Lipinski definition) is 1. The van der Waals surface area contributed by atoms with Crippen LogP contribution in [0.3, 0.4) is 0 Å². The van der Waals surface area contributed by atoms with Crippen molar-refractivity contribution in [3.63, 3.8) is 0 Å². The highest BCUT2D eigenvalue weighted by Gasteiger charge is 2.20. The molecule has 0 saturated carbocycles. The number of anilines is 2. The molecule has 0 bridgehead atoms. The van der Waals surface area contributed by atoms with E-state index in [4.69, 9.17) is 9.84 Å². The molecule has 1 N–H and O–H groups in total. The average Bonchev–Trinajstić information content (AvgIpc) is 3.11. The quantitative estimate of drug-likeness (QED) is 0.171. The number of morpholine rings is 1. The van der Waals surface area contributed by atoms with E-state index in [1.165, 1.54) is 0 Å². The van der Waals surface area contributed by atoms with Crippen LogP contribution >= 0.6 is 0 Å². The molecule has 1 fully saturated rings. The van der Waals surface area contributed by atoms with Crippen LogP contribution in [0.2, 0.25) is 0 Å². The molecule has 47 heavy (non-hydrogen) atoms. The second-order valence-electron chi connectivity index (χ2n) is 11.2. The first-order valence-corrected chi connectivity index (χ1v) is 15.4. The number of benzene rings is 3. The molecule has 2 aliphatic heterocycles. The molecule has 1 aromatic heterocycles. The van der Waals surface area contributed by atoms with Crippen molar-refractivity contribution in [3.05, 3.63) is 162 Å². The molecule has 3 heterocycles. The molecule has 6 rings (SSSR count).